The molecule has 0 aromatic heterocycles. The SMILES string of the molecule is CSc1cccc(NC(=O)[C@H]2[C@H]3C=C[C@]4(O3)[C@H](C(=O)NC3CCCCC3)N(CCC(C)C)C(=O)[C@@H]24)c1. The Bertz CT molecular complexity index is 1050. The van der Waals surface area contributed by atoms with Crippen LogP contribution in [0.4, 0.5) is 5.69 Å². The molecule has 0 unspecified atom stereocenters. The summed E-state index contributed by atoms with van der Waals surface area (Å²) in [5.74, 6) is -1.53. The molecule has 3 aliphatic heterocycles. The Morgan fingerprint density at radius 2 is 1.97 bits per heavy atom. The van der Waals surface area contributed by atoms with E-state index in [9.17, 15) is 14.4 Å². The number of fused-ring (bicyclic) bond motifs is 1. The minimum absolute atomic E-state index is 0.133. The van der Waals surface area contributed by atoms with Crippen molar-refractivity contribution in [2.24, 2.45) is 17.8 Å². The van der Waals surface area contributed by atoms with E-state index in [1.54, 1.807) is 16.7 Å². The predicted octanol–water partition coefficient (Wildman–Crippen LogP) is 3.99. The summed E-state index contributed by atoms with van der Waals surface area (Å²) in [4.78, 5) is 44.0. The van der Waals surface area contributed by atoms with Crippen LogP contribution in [0.3, 0.4) is 0 Å². The normalized spacial score (nSPS) is 31.2. The molecule has 0 radical (unpaired) electrons. The zero-order valence-corrected chi connectivity index (χ0v) is 22.2. The van der Waals surface area contributed by atoms with Gasteiger partial charge in [-0.3, -0.25) is 14.4 Å². The molecule has 7 nitrogen and oxygen atoms in total. The third-order valence-corrected chi connectivity index (χ3v) is 8.89. The summed E-state index contributed by atoms with van der Waals surface area (Å²) >= 11 is 1.60. The number of nitrogens with one attached hydrogen (secondary N) is 2. The second-order valence-corrected chi connectivity index (χ2v) is 11.9. The summed E-state index contributed by atoms with van der Waals surface area (Å²) in [5, 5.41) is 6.25. The van der Waals surface area contributed by atoms with Gasteiger partial charge in [-0.1, -0.05) is 51.3 Å². The average Bonchev–Trinajstić information content (AvgIpc) is 3.50. The molecule has 2 N–H and O–H groups in total. The molecular weight excluding hydrogens is 474 g/mol. The van der Waals surface area contributed by atoms with Crippen LogP contribution in [0.1, 0.15) is 52.4 Å². The highest BCUT2D eigenvalue weighted by Gasteiger charge is 2.72. The topological polar surface area (TPSA) is 87.7 Å². The lowest BCUT2D eigenvalue weighted by molar-refractivity contribution is -0.141. The second kappa shape index (κ2) is 10.2. The van der Waals surface area contributed by atoms with Gasteiger partial charge in [0.05, 0.1) is 17.9 Å². The van der Waals surface area contributed by atoms with Gasteiger partial charge in [0.25, 0.3) is 0 Å². The molecule has 36 heavy (non-hydrogen) atoms. The molecule has 4 aliphatic rings. The van der Waals surface area contributed by atoms with Crippen molar-refractivity contribution >= 4 is 35.2 Å². The molecule has 1 aromatic carbocycles. The van der Waals surface area contributed by atoms with Gasteiger partial charge in [-0.05, 0) is 49.6 Å². The number of carbonyl (C=O) groups is 3. The second-order valence-electron chi connectivity index (χ2n) is 11.0. The van der Waals surface area contributed by atoms with Gasteiger partial charge in [-0.25, -0.2) is 0 Å². The smallest absolute Gasteiger partial charge is 0.246 e. The fourth-order valence-electron chi connectivity index (χ4n) is 6.36. The largest absolute Gasteiger partial charge is 0.359 e. The molecule has 1 aromatic rings. The lowest BCUT2D eigenvalue weighted by Crippen LogP contribution is -2.56. The summed E-state index contributed by atoms with van der Waals surface area (Å²) in [7, 11) is 0. The number of carbonyl (C=O) groups excluding carboxylic acids is 3. The maximum atomic E-state index is 13.9. The van der Waals surface area contributed by atoms with E-state index in [-0.39, 0.29) is 23.8 Å². The van der Waals surface area contributed by atoms with E-state index in [4.69, 9.17) is 4.74 Å². The van der Waals surface area contributed by atoms with Crippen LogP contribution < -0.4 is 10.6 Å². The third kappa shape index (κ3) is 4.47. The van der Waals surface area contributed by atoms with E-state index in [0.29, 0.717) is 18.2 Å². The Hall–Kier alpha value is -2.32. The number of benzene rings is 1. The number of rotatable bonds is 8. The first-order valence-electron chi connectivity index (χ1n) is 13.3. The first-order chi connectivity index (χ1) is 17.3. The van der Waals surface area contributed by atoms with Crippen molar-refractivity contribution < 1.29 is 19.1 Å². The Kier molecular flexibility index (Phi) is 7.18. The molecule has 2 bridgehead atoms. The maximum absolute atomic E-state index is 13.9. The Morgan fingerprint density at radius 1 is 1.19 bits per heavy atom. The van der Waals surface area contributed by atoms with Gasteiger partial charge in [0.1, 0.15) is 11.6 Å². The van der Waals surface area contributed by atoms with Crippen LogP contribution in [0.15, 0.2) is 41.3 Å². The highest BCUT2D eigenvalue weighted by molar-refractivity contribution is 7.98. The minimum atomic E-state index is -1.10. The fraction of sp³-hybridized carbons (Fsp3) is 0.607. The molecule has 1 aliphatic carbocycles. The zero-order chi connectivity index (χ0) is 25.4. The molecule has 3 amide bonds. The number of anilines is 1. The van der Waals surface area contributed by atoms with E-state index < -0.39 is 29.6 Å². The lowest BCUT2D eigenvalue weighted by Gasteiger charge is -2.34. The Morgan fingerprint density at radius 3 is 2.69 bits per heavy atom. The van der Waals surface area contributed by atoms with Crippen LogP contribution in [0.5, 0.6) is 0 Å². The maximum Gasteiger partial charge on any atom is 0.246 e. The summed E-state index contributed by atoms with van der Waals surface area (Å²) in [6.07, 6.45) is 11.4. The van der Waals surface area contributed by atoms with Crippen molar-refractivity contribution in [2.45, 2.75) is 81.1 Å². The number of thioether (sulfide) groups is 1. The molecule has 1 spiro atoms. The van der Waals surface area contributed by atoms with E-state index in [1.165, 1.54) is 6.42 Å². The van der Waals surface area contributed by atoms with Gasteiger partial charge in [-0.15, -0.1) is 11.8 Å². The molecule has 1 saturated carbocycles. The van der Waals surface area contributed by atoms with Crippen molar-refractivity contribution in [3.63, 3.8) is 0 Å². The molecule has 3 fully saturated rings. The Balaban J connectivity index is 1.42. The minimum Gasteiger partial charge on any atom is -0.359 e. The van der Waals surface area contributed by atoms with Crippen LogP contribution in [0.2, 0.25) is 0 Å². The van der Waals surface area contributed by atoms with Crippen molar-refractivity contribution in [1.29, 1.82) is 0 Å². The zero-order valence-electron chi connectivity index (χ0n) is 21.4. The number of amides is 3. The quantitative estimate of drug-likeness (QED) is 0.407. The number of nitrogens with zero attached hydrogens (tertiary/aromatic N) is 1. The number of hydrogen-bond donors (Lipinski definition) is 2. The fourth-order valence-corrected chi connectivity index (χ4v) is 6.82. The third-order valence-electron chi connectivity index (χ3n) is 8.16. The van der Waals surface area contributed by atoms with Gasteiger partial charge >= 0.3 is 0 Å². The first kappa shape index (κ1) is 25.3. The number of ether oxygens (including phenoxy) is 1. The highest BCUT2D eigenvalue weighted by atomic mass is 32.2. The number of likely N-dealkylation sites (tertiary alicyclic amines) is 1. The molecule has 5 atom stereocenters. The van der Waals surface area contributed by atoms with Gasteiger partial charge in [0, 0.05) is 23.2 Å². The van der Waals surface area contributed by atoms with Gasteiger partial charge < -0.3 is 20.3 Å². The van der Waals surface area contributed by atoms with Crippen molar-refractivity contribution in [2.75, 3.05) is 18.1 Å². The standard InChI is InChI=1S/C28H37N3O4S/c1-17(2)13-15-31-24(26(33)29-18-8-5-4-6-9-18)28-14-12-21(35-28)22(23(28)27(31)34)25(32)30-19-10-7-11-20(16-19)36-3/h7,10-12,14,16-18,21-24H,4-6,8-9,13,15H2,1-3H3,(H,29,33)(H,30,32)/t21-,22+,23-,24+,28-/m1/s1. The van der Waals surface area contributed by atoms with Crippen molar-refractivity contribution in [3.8, 4) is 0 Å². The highest BCUT2D eigenvalue weighted by Crippen LogP contribution is 2.55. The molecular formula is C28H37N3O4S. The summed E-state index contributed by atoms with van der Waals surface area (Å²) in [5.41, 5.74) is -0.401. The van der Waals surface area contributed by atoms with Crippen LogP contribution in [0, 0.1) is 17.8 Å². The van der Waals surface area contributed by atoms with Crippen LogP contribution in [-0.2, 0) is 19.1 Å². The molecule has 3 heterocycles. The first-order valence-corrected chi connectivity index (χ1v) is 14.5. The Labute approximate surface area is 217 Å². The summed E-state index contributed by atoms with van der Waals surface area (Å²) in [6.45, 7) is 4.69. The van der Waals surface area contributed by atoms with Gasteiger partial charge in [0.2, 0.25) is 17.7 Å². The molecule has 5 rings (SSSR count). The van der Waals surface area contributed by atoms with Gasteiger partial charge in [0.15, 0.2) is 0 Å². The molecule has 2 saturated heterocycles. The van der Waals surface area contributed by atoms with Gasteiger partial charge in [-0.2, -0.15) is 0 Å². The van der Waals surface area contributed by atoms with Crippen LogP contribution in [-0.4, -0.2) is 59.2 Å². The van der Waals surface area contributed by atoms with Crippen LogP contribution >= 0.6 is 11.8 Å². The monoisotopic (exact) mass is 511 g/mol. The molecule has 194 valence electrons. The average molecular weight is 512 g/mol. The predicted molar refractivity (Wildman–Crippen MR) is 141 cm³/mol. The van der Waals surface area contributed by atoms with E-state index in [1.807, 2.05) is 42.7 Å². The van der Waals surface area contributed by atoms with Crippen LogP contribution in [0.25, 0.3) is 0 Å². The molecule has 8 heteroatoms. The summed E-state index contributed by atoms with van der Waals surface area (Å²) in [6, 6.07) is 7.04. The van der Waals surface area contributed by atoms with Crippen molar-refractivity contribution in [1.82, 2.24) is 10.2 Å². The van der Waals surface area contributed by atoms with Crippen molar-refractivity contribution in [3.05, 3.63) is 36.4 Å². The number of hydrogen-bond acceptors (Lipinski definition) is 5. The van der Waals surface area contributed by atoms with E-state index in [0.717, 1.165) is 37.0 Å². The summed E-state index contributed by atoms with van der Waals surface area (Å²) < 4.78 is 6.43. The van der Waals surface area contributed by atoms with E-state index >= 15 is 0 Å². The lowest BCUT2D eigenvalue weighted by atomic mass is 9.74. The van der Waals surface area contributed by atoms with E-state index in [2.05, 4.69) is 24.5 Å².